The highest BCUT2D eigenvalue weighted by atomic mass is 16.6. The average molecular weight is 371 g/mol. The summed E-state index contributed by atoms with van der Waals surface area (Å²) in [5.41, 5.74) is 5.04. The van der Waals surface area contributed by atoms with E-state index in [9.17, 15) is 9.59 Å². The summed E-state index contributed by atoms with van der Waals surface area (Å²) in [6.07, 6.45) is 4.41. The van der Waals surface area contributed by atoms with Crippen molar-refractivity contribution < 1.29 is 19.1 Å². The zero-order chi connectivity index (χ0) is 20.1. The molecule has 0 aromatic heterocycles. The van der Waals surface area contributed by atoms with Crippen LogP contribution in [-0.2, 0) is 14.3 Å². The predicted octanol–water partition coefficient (Wildman–Crippen LogP) is 3.77. The predicted molar refractivity (Wildman–Crippen MR) is 103 cm³/mol. The SMILES string of the molecule is CC(NC(=O)OC(C)(C)C)C1CCCC(CC(N)C(=O)OC(C)(C)C)C1. The first-order valence-corrected chi connectivity index (χ1v) is 9.75. The number of nitrogens with one attached hydrogen (secondary N) is 1. The van der Waals surface area contributed by atoms with Gasteiger partial charge in [0.25, 0.3) is 0 Å². The van der Waals surface area contributed by atoms with E-state index in [0.717, 1.165) is 25.7 Å². The van der Waals surface area contributed by atoms with E-state index in [1.54, 1.807) is 0 Å². The Morgan fingerprint density at radius 1 is 1.08 bits per heavy atom. The van der Waals surface area contributed by atoms with Gasteiger partial charge in [-0.25, -0.2) is 4.79 Å². The molecule has 3 N–H and O–H groups in total. The summed E-state index contributed by atoms with van der Waals surface area (Å²) < 4.78 is 10.7. The lowest BCUT2D eigenvalue weighted by molar-refractivity contribution is -0.157. The van der Waals surface area contributed by atoms with Crippen molar-refractivity contribution in [3.8, 4) is 0 Å². The van der Waals surface area contributed by atoms with Crippen LogP contribution in [-0.4, -0.2) is 35.3 Å². The van der Waals surface area contributed by atoms with Crippen molar-refractivity contribution in [2.24, 2.45) is 17.6 Å². The number of esters is 1. The molecule has 1 rings (SSSR count). The van der Waals surface area contributed by atoms with Crippen LogP contribution in [0.2, 0.25) is 0 Å². The maximum atomic E-state index is 12.1. The van der Waals surface area contributed by atoms with E-state index in [2.05, 4.69) is 5.32 Å². The van der Waals surface area contributed by atoms with Gasteiger partial charge < -0.3 is 20.5 Å². The van der Waals surface area contributed by atoms with Crippen LogP contribution in [0.1, 0.15) is 80.6 Å². The Balaban J connectivity index is 2.50. The molecule has 1 fully saturated rings. The molecule has 0 aliphatic heterocycles. The molecular weight excluding hydrogens is 332 g/mol. The maximum Gasteiger partial charge on any atom is 0.407 e. The lowest BCUT2D eigenvalue weighted by Crippen LogP contribution is -2.43. The number of hydrogen-bond acceptors (Lipinski definition) is 5. The molecule has 0 aromatic rings. The molecule has 4 unspecified atom stereocenters. The van der Waals surface area contributed by atoms with Gasteiger partial charge in [0.05, 0.1) is 0 Å². The second-order valence-corrected chi connectivity index (χ2v) is 9.60. The Morgan fingerprint density at radius 3 is 2.19 bits per heavy atom. The van der Waals surface area contributed by atoms with Gasteiger partial charge in [0, 0.05) is 6.04 Å². The average Bonchev–Trinajstić information content (AvgIpc) is 2.43. The number of alkyl carbamates (subject to hydrolysis) is 1. The molecule has 1 saturated carbocycles. The van der Waals surface area contributed by atoms with E-state index in [1.807, 2.05) is 48.5 Å². The second-order valence-electron chi connectivity index (χ2n) is 9.60. The molecule has 26 heavy (non-hydrogen) atoms. The first kappa shape index (κ1) is 22.7. The second kappa shape index (κ2) is 9.07. The van der Waals surface area contributed by atoms with E-state index in [4.69, 9.17) is 15.2 Å². The molecule has 0 spiro atoms. The zero-order valence-corrected chi connectivity index (χ0v) is 17.6. The van der Waals surface area contributed by atoms with Crippen LogP contribution in [0.15, 0.2) is 0 Å². The topological polar surface area (TPSA) is 90.6 Å². The Morgan fingerprint density at radius 2 is 1.65 bits per heavy atom. The molecule has 6 nitrogen and oxygen atoms in total. The molecule has 0 heterocycles. The number of nitrogens with two attached hydrogens (primary N) is 1. The molecule has 1 amide bonds. The number of rotatable bonds is 5. The van der Waals surface area contributed by atoms with Crippen LogP contribution in [0.25, 0.3) is 0 Å². The Labute approximate surface area is 158 Å². The van der Waals surface area contributed by atoms with Crippen molar-refractivity contribution in [3.05, 3.63) is 0 Å². The fourth-order valence-electron chi connectivity index (χ4n) is 3.44. The number of ether oxygens (including phenoxy) is 2. The maximum absolute atomic E-state index is 12.1. The summed E-state index contributed by atoms with van der Waals surface area (Å²) in [6.45, 7) is 13.1. The van der Waals surface area contributed by atoms with Crippen molar-refractivity contribution in [1.82, 2.24) is 5.32 Å². The minimum Gasteiger partial charge on any atom is -0.459 e. The van der Waals surface area contributed by atoms with E-state index >= 15 is 0 Å². The summed E-state index contributed by atoms with van der Waals surface area (Å²) >= 11 is 0. The highest BCUT2D eigenvalue weighted by molar-refractivity contribution is 5.75. The minimum absolute atomic E-state index is 0.0328. The molecule has 152 valence electrons. The molecule has 0 bridgehead atoms. The Kier molecular flexibility index (Phi) is 7.93. The summed E-state index contributed by atoms with van der Waals surface area (Å²) in [4.78, 5) is 24.1. The summed E-state index contributed by atoms with van der Waals surface area (Å²) in [7, 11) is 0. The van der Waals surface area contributed by atoms with Crippen molar-refractivity contribution >= 4 is 12.1 Å². The third-order valence-corrected chi connectivity index (χ3v) is 4.57. The first-order valence-electron chi connectivity index (χ1n) is 9.75. The molecule has 0 radical (unpaired) electrons. The van der Waals surface area contributed by atoms with Gasteiger partial charge in [-0.3, -0.25) is 4.79 Å². The van der Waals surface area contributed by atoms with Gasteiger partial charge in [-0.05, 0) is 79.6 Å². The Bertz CT molecular complexity index is 479. The largest absolute Gasteiger partial charge is 0.459 e. The highest BCUT2D eigenvalue weighted by Crippen LogP contribution is 2.34. The zero-order valence-electron chi connectivity index (χ0n) is 17.6. The van der Waals surface area contributed by atoms with Crippen LogP contribution in [0.4, 0.5) is 4.79 Å². The lowest BCUT2D eigenvalue weighted by Gasteiger charge is -2.34. The van der Waals surface area contributed by atoms with E-state index < -0.39 is 17.2 Å². The van der Waals surface area contributed by atoms with Crippen molar-refractivity contribution in [2.75, 3.05) is 0 Å². The monoisotopic (exact) mass is 370 g/mol. The molecule has 0 aromatic carbocycles. The van der Waals surface area contributed by atoms with E-state index in [0.29, 0.717) is 18.3 Å². The molecule has 1 aliphatic rings. The lowest BCUT2D eigenvalue weighted by atomic mass is 9.76. The third kappa shape index (κ3) is 8.88. The van der Waals surface area contributed by atoms with Crippen LogP contribution in [0.3, 0.4) is 0 Å². The fraction of sp³-hybridized carbons (Fsp3) is 0.900. The number of amides is 1. The summed E-state index contributed by atoms with van der Waals surface area (Å²) in [5.74, 6) is 0.408. The van der Waals surface area contributed by atoms with Crippen molar-refractivity contribution in [3.63, 3.8) is 0 Å². The summed E-state index contributed by atoms with van der Waals surface area (Å²) in [6, 6.07) is -0.558. The molecule has 0 saturated heterocycles. The quantitative estimate of drug-likeness (QED) is 0.719. The molecular formula is C20H38N2O4. The van der Waals surface area contributed by atoms with Crippen LogP contribution < -0.4 is 11.1 Å². The van der Waals surface area contributed by atoms with E-state index in [-0.39, 0.29) is 18.1 Å². The standard InChI is InChI=1S/C20H38N2O4/c1-13(22-18(24)26-20(5,6)7)15-10-8-9-14(11-15)12-16(21)17(23)25-19(2,3)4/h13-16H,8-12,21H2,1-7H3,(H,22,24). The van der Waals surface area contributed by atoms with Gasteiger partial charge in [-0.2, -0.15) is 0 Å². The number of hydrogen-bond donors (Lipinski definition) is 2. The van der Waals surface area contributed by atoms with Gasteiger partial charge in [-0.1, -0.05) is 12.8 Å². The van der Waals surface area contributed by atoms with Gasteiger partial charge in [0.15, 0.2) is 0 Å². The minimum atomic E-state index is -0.591. The highest BCUT2D eigenvalue weighted by Gasteiger charge is 2.31. The number of carbonyl (C=O) groups is 2. The van der Waals surface area contributed by atoms with Gasteiger partial charge in [0.2, 0.25) is 0 Å². The van der Waals surface area contributed by atoms with Crippen molar-refractivity contribution in [2.45, 2.75) is 104 Å². The molecule has 4 atom stereocenters. The normalized spacial score (nSPS) is 23.7. The first-order chi connectivity index (χ1) is 11.8. The third-order valence-electron chi connectivity index (χ3n) is 4.57. The summed E-state index contributed by atoms with van der Waals surface area (Å²) in [5, 5.41) is 2.95. The smallest absolute Gasteiger partial charge is 0.407 e. The van der Waals surface area contributed by atoms with Crippen LogP contribution >= 0.6 is 0 Å². The van der Waals surface area contributed by atoms with Crippen LogP contribution in [0, 0.1) is 11.8 Å². The van der Waals surface area contributed by atoms with Crippen LogP contribution in [0.5, 0.6) is 0 Å². The van der Waals surface area contributed by atoms with Gasteiger partial charge in [0.1, 0.15) is 17.2 Å². The van der Waals surface area contributed by atoms with E-state index in [1.165, 1.54) is 0 Å². The molecule has 6 heteroatoms. The fourth-order valence-corrected chi connectivity index (χ4v) is 3.44. The van der Waals surface area contributed by atoms with Gasteiger partial charge >= 0.3 is 12.1 Å². The number of carbonyl (C=O) groups excluding carboxylic acids is 2. The molecule has 1 aliphatic carbocycles. The Hall–Kier alpha value is -1.30. The van der Waals surface area contributed by atoms with Gasteiger partial charge in [-0.15, -0.1) is 0 Å². The van der Waals surface area contributed by atoms with Crippen molar-refractivity contribution in [1.29, 1.82) is 0 Å².